The van der Waals surface area contributed by atoms with Gasteiger partial charge in [-0.2, -0.15) is 0 Å². The second-order valence-electron chi connectivity index (χ2n) is 4.68. The number of nitrogens with one attached hydrogen (secondary N) is 1. The number of benzene rings is 1. The van der Waals surface area contributed by atoms with Crippen LogP contribution in [0.2, 0.25) is 0 Å². The molecule has 0 saturated carbocycles. The van der Waals surface area contributed by atoms with E-state index in [1.807, 2.05) is 0 Å². The van der Waals surface area contributed by atoms with Crippen molar-refractivity contribution in [3.63, 3.8) is 0 Å². The molecule has 6 nitrogen and oxygen atoms in total. The van der Waals surface area contributed by atoms with Gasteiger partial charge in [0.2, 0.25) is 10.0 Å². The molecule has 1 fully saturated rings. The zero-order valence-corrected chi connectivity index (χ0v) is 12.2. The van der Waals surface area contributed by atoms with Crippen LogP contribution in [0.1, 0.15) is 12.0 Å². The van der Waals surface area contributed by atoms with Crippen molar-refractivity contribution in [2.75, 3.05) is 11.5 Å². The van der Waals surface area contributed by atoms with Gasteiger partial charge in [-0.3, -0.25) is 0 Å². The fourth-order valence-electron chi connectivity index (χ4n) is 2.12. The van der Waals surface area contributed by atoms with Crippen LogP contribution in [0, 0.1) is 5.82 Å². The molecule has 0 amide bonds. The number of hydrogen-bond donors (Lipinski definition) is 2. The van der Waals surface area contributed by atoms with Crippen LogP contribution in [0.25, 0.3) is 0 Å². The van der Waals surface area contributed by atoms with Crippen molar-refractivity contribution < 1.29 is 21.2 Å². The van der Waals surface area contributed by atoms with Crippen molar-refractivity contribution in [1.29, 1.82) is 0 Å². The van der Waals surface area contributed by atoms with Gasteiger partial charge in [-0.15, -0.1) is 0 Å². The van der Waals surface area contributed by atoms with E-state index < -0.39 is 31.7 Å². The van der Waals surface area contributed by atoms with Crippen molar-refractivity contribution in [1.82, 2.24) is 4.72 Å². The quantitative estimate of drug-likeness (QED) is 0.795. The SMILES string of the molecule is NCc1ccc(F)cc1S(=O)(=O)NC1CCS(=O)(=O)C1. The van der Waals surface area contributed by atoms with Crippen molar-refractivity contribution in [3.05, 3.63) is 29.6 Å². The first-order valence-corrected chi connectivity index (χ1v) is 9.25. The highest BCUT2D eigenvalue weighted by Gasteiger charge is 2.32. The van der Waals surface area contributed by atoms with E-state index in [1.165, 1.54) is 6.07 Å². The summed E-state index contributed by atoms with van der Waals surface area (Å²) < 4.78 is 62.6. The third-order valence-corrected chi connectivity index (χ3v) is 6.46. The van der Waals surface area contributed by atoms with Gasteiger partial charge in [0.05, 0.1) is 16.4 Å². The first-order chi connectivity index (χ1) is 9.23. The maximum atomic E-state index is 13.2. The smallest absolute Gasteiger partial charge is 0.241 e. The van der Waals surface area contributed by atoms with Crippen LogP contribution in [-0.4, -0.2) is 34.4 Å². The summed E-state index contributed by atoms with van der Waals surface area (Å²) in [6.07, 6.45) is 0.217. The Bertz CT molecular complexity index is 716. The van der Waals surface area contributed by atoms with Gasteiger partial charge in [-0.1, -0.05) is 6.07 Å². The normalized spacial score (nSPS) is 22.0. The largest absolute Gasteiger partial charge is 0.326 e. The molecule has 1 aromatic rings. The van der Waals surface area contributed by atoms with Gasteiger partial charge in [-0.25, -0.2) is 25.9 Å². The molecule has 1 saturated heterocycles. The van der Waals surface area contributed by atoms with Gasteiger partial charge in [0, 0.05) is 12.6 Å². The summed E-state index contributed by atoms with van der Waals surface area (Å²) >= 11 is 0. The van der Waals surface area contributed by atoms with E-state index in [1.54, 1.807) is 0 Å². The lowest BCUT2D eigenvalue weighted by molar-refractivity contribution is 0.558. The Morgan fingerprint density at radius 3 is 2.65 bits per heavy atom. The van der Waals surface area contributed by atoms with Gasteiger partial charge in [-0.05, 0) is 24.1 Å². The third-order valence-electron chi connectivity index (χ3n) is 3.09. The highest BCUT2D eigenvalue weighted by Crippen LogP contribution is 2.19. The minimum atomic E-state index is -3.99. The Kier molecular flexibility index (Phi) is 4.14. The molecule has 0 spiro atoms. The summed E-state index contributed by atoms with van der Waals surface area (Å²) in [5.41, 5.74) is 5.72. The molecular weight excluding hydrogens is 307 g/mol. The molecule has 112 valence electrons. The number of nitrogens with two attached hydrogens (primary N) is 1. The minimum absolute atomic E-state index is 0.0485. The molecule has 1 aliphatic rings. The average Bonchev–Trinajstić information content (AvgIpc) is 2.68. The van der Waals surface area contributed by atoms with Crippen LogP contribution in [0.15, 0.2) is 23.1 Å². The van der Waals surface area contributed by atoms with Crippen LogP contribution < -0.4 is 10.5 Å². The summed E-state index contributed by atoms with van der Waals surface area (Å²) in [6, 6.07) is 2.63. The van der Waals surface area contributed by atoms with Crippen molar-refractivity contribution in [3.8, 4) is 0 Å². The number of hydrogen-bond acceptors (Lipinski definition) is 5. The van der Waals surface area contributed by atoms with E-state index in [0.717, 1.165) is 12.1 Å². The highest BCUT2D eigenvalue weighted by molar-refractivity contribution is 7.92. The number of halogens is 1. The molecule has 1 atom stereocenters. The number of rotatable bonds is 4. The Balaban J connectivity index is 2.29. The maximum absolute atomic E-state index is 13.2. The summed E-state index contributed by atoms with van der Waals surface area (Å²) in [5.74, 6) is -0.978. The lowest BCUT2D eigenvalue weighted by Crippen LogP contribution is -2.36. The van der Waals surface area contributed by atoms with Crippen molar-refractivity contribution in [2.45, 2.75) is 23.9 Å². The van der Waals surface area contributed by atoms with E-state index in [0.29, 0.717) is 0 Å². The molecule has 1 aromatic carbocycles. The standard InChI is InChI=1S/C11H15FN2O4S2/c12-9-2-1-8(6-13)11(5-9)20(17,18)14-10-3-4-19(15,16)7-10/h1-2,5,10,14H,3-4,6-7,13H2. The Morgan fingerprint density at radius 2 is 2.10 bits per heavy atom. The summed E-state index contributed by atoms with van der Waals surface area (Å²) in [6.45, 7) is -0.0561. The Labute approximate surface area is 117 Å². The van der Waals surface area contributed by atoms with E-state index in [4.69, 9.17) is 5.73 Å². The third kappa shape index (κ3) is 3.35. The maximum Gasteiger partial charge on any atom is 0.241 e. The van der Waals surface area contributed by atoms with Crippen LogP contribution in [0.4, 0.5) is 4.39 Å². The molecule has 1 unspecified atom stereocenters. The molecule has 1 heterocycles. The van der Waals surface area contributed by atoms with Crippen molar-refractivity contribution in [2.24, 2.45) is 5.73 Å². The van der Waals surface area contributed by atoms with Gasteiger partial charge in [0.15, 0.2) is 9.84 Å². The first-order valence-electron chi connectivity index (χ1n) is 5.95. The lowest BCUT2D eigenvalue weighted by Gasteiger charge is -2.14. The molecule has 1 aliphatic heterocycles. The summed E-state index contributed by atoms with van der Waals surface area (Å²) in [5, 5.41) is 0. The van der Waals surface area contributed by atoms with Crippen molar-refractivity contribution >= 4 is 19.9 Å². The lowest BCUT2D eigenvalue weighted by atomic mass is 10.2. The van der Waals surface area contributed by atoms with Crippen LogP contribution in [0.5, 0.6) is 0 Å². The van der Waals surface area contributed by atoms with E-state index in [2.05, 4.69) is 4.72 Å². The molecular formula is C11H15FN2O4S2. The van der Waals surface area contributed by atoms with Crippen LogP contribution in [-0.2, 0) is 26.4 Å². The average molecular weight is 322 g/mol. The molecule has 9 heteroatoms. The molecule has 0 bridgehead atoms. The molecule has 0 aromatic heterocycles. The van der Waals surface area contributed by atoms with E-state index >= 15 is 0 Å². The van der Waals surface area contributed by atoms with Crippen LogP contribution >= 0.6 is 0 Å². The summed E-state index contributed by atoms with van der Waals surface area (Å²) in [4.78, 5) is -0.246. The topological polar surface area (TPSA) is 106 Å². The molecule has 0 aliphatic carbocycles. The molecule has 3 N–H and O–H groups in total. The number of sulfone groups is 1. The predicted molar refractivity (Wildman–Crippen MR) is 71.7 cm³/mol. The van der Waals surface area contributed by atoms with E-state index in [-0.39, 0.29) is 34.9 Å². The molecule has 0 radical (unpaired) electrons. The van der Waals surface area contributed by atoms with Gasteiger partial charge >= 0.3 is 0 Å². The second-order valence-corrected chi connectivity index (χ2v) is 8.59. The zero-order valence-electron chi connectivity index (χ0n) is 10.5. The monoisotopic (exact) mass is 322 g/mol. The number of sulfonamides is 1. The second kappa shape index (κ2) is 5.40. The molecule has 2 rings (SSSR count). The Hall–Kier alpha value is -1.03. The first kappa shape index (κ1) is 15.4. The minimum Gasteiger partial charge on any atom is -0.326 e. The Morgan fingerprint density at radius 1 is 1.40 bits per heavy atom. The summed E-state index contributed by atoms with van der Waals surface area (Å²) in [7, 11) is -7.19. The fraction of sp³-hybridized carbons (Fsp3) is 0.455. The van der Waals surface area contributed by atoms with Crippen LogP contribution in [0.3, 0.4) is 0 Å². The van der Waals surface area contributed by atoms with Gasteiger partial charge in [0.25, 0.3) is 0 Å². The van der Waals surface area contributed by atoms with E-state index in [9.17, 15) is 21.2 Å². The van der Waals surface area contributed by atoms with Gasteiger partial charge < -0.3 is 5.73 Å². The highest BCUT2D eigenvalue weighted by atomic mass is 32.2. The fourth-order valence-corrected chi connectivity index (χ4v) is 5.43. The van der Waals surface area contributed by atoms with Gasteiger partial charge in [0.1, 0.15) is 5.82 Å². The predicted octanol–water partition coefficient (Wildman–Crippen LogP) is -0.250. The molecule has 20 heavy (non-hydrogen) atoms. The zero-order chi connectivity index (χ0) is 15.0.